The third kappa shape index (κ3) is 8.11. The van der Waals surface area contributed by atoms with Crippen molar-refractivity contribution >= 4 is 17.6 Å². The number of nitrogens with zero attached hydrogens (tertiary/aromatic N) is 3. The number of pyridine rings is 1. The number of ether oxygens (including phenoxy) is 2. The molecule has 1 aromatic heterocycles. The van der Waals surface area contributed by atoms with Gasteiger partial charge in [0.05, 0.1) is 12.2 Å². The highest BCUT2D eigenvalue weighted by molar-refractivity contribution is 7.99. The zero-order valence-electron chi connectivity index (χ0n) is 22.9. The molecule has 1 atom stereocenters. The van der Waals surface area contributed by atoms with E-state index in [0.29, 0.717) is 52.4 Å². The van der Waals surface area contributed by atoms with E-state index in [-0.39, 0.29) is 11.4 Å². The quantitative estimate of drug-likeness (QED) is 0.166. The third-order valence-corrected chi connectivity index (χ3v) is 7.02. The molecule has 2 aromatic rings. The van der Waals surface area contributed by atoms with E-state index in [1.807, 2.05) is 25.1 Å². The van der Waals surface area contributed by atoms with Gasteiger partial charge in [0.1, 0.15) is 40.9 Å². The van der Waals surface area contributed by atoms with Crippen LogP contribution in [0.3, 0.4) is 0 Å². The minimum atomic E-state index is 0.0903. The van der Waals surface area contributed by atoms with Crippen LogP contribution >= 0.6 is 11.8 Å². The van der Waals surface area contributed by atoms with Crippen LogP contribution in [0.2, 0.25) is 0 Å². The summed E-state index contributed by atoms with van der Waals surface area (Å²) in [6.07, 6.45) is 9.43. The SMILES string of the molecule is C=C(CSc1nc(N)c(C#N)c(-c2ccc(OCCOC)cc2)c1C#N)C(/C=C\C(C)CC)=C(C)\C=C/C. The summed E-state index contributed by atoms with van der Waals surface area (Å²) in [4.78, 5) is 4.44. The maximum atomic E-state index is 10.1. The second kappa shape index (κ2) is 15.5. The van der Waals surface area contributed by atoms with Crippen molar-refractivity contribution in [3.8, 4) is 29.0 Å². The first-order valence-corrected chi connectivity index (χ1v) is 13.5. The molecule has 0 spiro atoms. The molecular formula is C31H36N4O2S. The van der Waals surface area contributed by atoms with E-state index in [4.69, 9.17) is 15.2 Å². The van der Waals surface area contributed by atoms with Crippen LogP contribution in [0.1, 0.15) is 45.2 Å². The first-order valence-electron chi connectivity index (χ1n) is 12.5. The second-order valence-corrected chi connectivity index (χ2v) is 9.71. The monoisotopic (exact) mass is 528 g/mol. The first-order chi connectivity index (χ1) is 18.3. The molecule has 7 heteroatoms. The van der Waals surface area contributed by atoms with Gasteiger partial charge < -0.3 is 15.2 Å². The number of nitrogen functional groups attached to an aromatic ring is 1. The molecule has 2 rings (SSSR count). The van der Waals surface area contributed by atoms with Gasteiger partial charge in [0.25, 0.3) is 0 Å². The van der Waals surface area contributed by atoms with E-state index in [1.54, 1.807) is 19.2 Å². The summed E-state index contributed by atoms with van der Waals surface area (Å²) in [5.41, 5.74) is 10.9. The number of methoxy groups -OCH3 is 1. The highest BCUT2D eigenvalue weighted by Gasteiger charge is 2.21. The van der Waals surface area contributed by atoms with Crippen LogP contribution in [0.15, 0.2) is 76.9 Å². The molecule has 0 aliphatic carbocycles. The Morgan fingerprint density at radius 1 is 1.16 bits per heavy atom. The Morgan fingerprint density at radius 2 is 1.84 bits per heavy atom. The van der Waals surface area contributed by atoms with Gasteiger partial charge >= 0.3 is 0 Å². The summed E-state index contributed by atoms with van der Waals surface area (Å²) in [5, 5.41) is 20.4. The number of thioether (sulfide) groups is 1. The molecule has 0 aliphatic heterocycles. The molecule has 1 aromatic carbocycles. The fraction of sp³-hybridized carbons (Fsp3) is 0.323. The Kier molecular flexibility index (Phi) is 12.4. The maximum Gasteiger partial charge on any atom is 0.143 e. The number of anilines is 1. The summed E-state index contributed by atoms with van der Waals surface area (Å²) < 4.78 is 10.7. The Hall–Kier alpha value is -3.78. The average molecular weight is 529 g/mol. The van der Waals surface area contributed by atoms with E-state index >= 15 is 0 Å². The molecule has 0 saturated carbocycles. The number of nitriles is 2. The molecule has 0 aliphatic rings. The zero-order chi connectivity index (χ0) is 28.1. The van der Waals surface area contributed by atoms with Gasteiger partial charge in [-0.2, -0.15) is 10.5 Å². The van der Waals surface area contributed by atoms with Gasteiger partial charge in [-0.1, -0.05) is 63.3 Å². The summed E-state index contributed by atoms with van der Waals surface area (Å²) >= 11 is 1.39. The van der Waals surface area contributed by atoms with Crippen LogP contribution in [-0.4, -0.2) is 31.1 Å². The maximum absolute atomic E-state index is 10.1. The van der Waals surface area contributed by atoms with E-state index < -0.39 is 0 Å². The molecule has 198 valence electrons. The third-order valence-electron chi connectivity index (χ3n) is 5.96. The van der Waals surface area contributed by atoms with Gasteiger partial charge in [0, 0.05) is 18.4 Å². The van der Waals surface area contributed by atoms with Crippen molar-refractivity contribution in [1.29, 1.82) is 10.5 Å². The predicted octanol–water partition coefficient (Wildman–Crippen LogP) is 7.24. The van der Waals surface area contributed by atoms with Crippen molar-refractivity contribution < 1.29 is 9.47 Å². The van der Waals surface area contributed by atoms with Gasteiger partial charge in [0.2, 0.25) is 0 Å². The number of hydrogen-bond donors (Lipinski definition) is 1. The molecule has 1 heterocycles. The molecule has 38 heavy (non-hydrogen) atoms. The average Bonchev–Trinajstić information content (AvgIpc) is 2.92. The van der Waals surface area contributed by atoms with Gasteiger partial charge in [-0.3, -0.25) is 0 Å². The van der Waals surface area contributed by atoms with Gasteiger partial charge in [-0.25, -0.2) is 4.98 Å². The number of allylic oxidation sites excluding steroid dienone is 6. The van der Waals surface area contributed by atoms with Crippen molar-refractivity contribution in [2.24, 2.45) is 5.92 Å². The van der Waals surface area contributed by atoms with Crippen LogP contribution in [0.4, 0.5) is 5.82 Å². The summed E-state index contributed by atoms with van der Waals surface area (Å²) in [5.74, 6) is 1.71. The fourth-order valence-electron chi connectivity index (χ4n) is 3.65. The van der Waals surface area contributed by atoms with Crippen LogP contribution in [0.5, 0.6) is 5.75 Å². The molecule has 2 N–H and O–H groups in total. The fourth-order valence-corrected chi connectivity index (χ4v) is 4.57. The minimum absolute atomic E-state index is 0.0903. The molecule has 1 unspecified atom stereocenters. The van der Waals surface area contributed by atoms with Crippen LogP contribution in [-0.2, 0) is 4.74 Å². The van der Waals surface area contributed by atoms with Crippen LogP contribution in [0, 0.1) is 28.6 Å². The Balaban J connectivity index is 2.44. The molecule has 0 radical (unpaired) electrons. The lowest BCUT2D eigenvalue weighted by Gasteiger charge is -2.15. The standard InChI is InChI=1S/C31H36N4O2S/c1-7-9-22(4)26(15-10-21(3)8-2)23(5)20-38-31-28(19-33)29(27(18-32)30(34)35-31)24-11-13-25(14-12-24)37-17-16-36-6/h7,9-15,21H,5,8,16-17,20H2,1-4,6H3,(H2,34,35)/b9-7-,15-10-,26-22-. The highest BCUT2D eigenvalue weighted by atomic mass is 32.2. The zero-order valence-corrected chi connectivity index (χ0v) is 23.7. The van der Waals surface area contributed by atoms with Crippen molar-refractivity contribution in [3.05, 3.63) is 83.0 Å². The lowest BCUT2D eigenvalue weighted by atomic mass is 9.97. The number of hydrogen-bond acceptors (Lipinski definition) is 7. The van der Waals surface area contributed by atoms with E-state index in [9.17, 15) is 10.5 Å². The number of benzene rings is 1. The number of aromatic nitrogens is 1. The van der Waals surface area contributed by atoms with Gasteiger partial charge in [0.15, 0.2) is 0 Å². The Bertz CT molecular complexity index is 1300. The van der Waals surface area contributed by atoms with Crippen molar-refractivity contribution in [1.82, 2.24) is 4.98 Å². The normalized spacial score (nSPS) is 12.7. The minimum Gasteiger partial charge on any atom is -0.491 e. The summed E-state index contributed by atoms with van der Waals surface area (Å²) in [7, 11) is 1.61. The molecule has 0 fully saturated rings. The molecule has 0 amide bonds. The van der Waals surface area contributed by atoms with Crippen LogP contribution < -0.4 is 10.5 Å². The molecule has 0 saturated heterocycles. The largest absolute Gasteiger partial charge is 0.491 e. The van der Waals surface area contributed by atoms with E-state index in [2.05, 4.69) is 62.7 Å². The summed E-state index contributed by atoms with van der Waals surface area (Å²) in [6, 6.07) is 11.6. The lowest BCUT2D eigenvalue weighted by Crippen LogP contribution is -2.05. The smallest absolute Gasteiger partial charge is 0.143 e. The topological polar surface area (TPSA) is 105 Å². The van der Waals surface area contributed by atoms with Crippen molar-refractivity contribution in [2.45, 2.75) is 39.1 Å². The predicted molar refractivity (Wildman–Crippen MR) is 157 cm³/mol. The van der Waals surface area contributed by atoms with E-state index in [1.165, 1.54) is 11.8 Å². The Morgan fingerprint density at radius 3 is 2.42 bits per heavy atom. The Labute approximate surface area is 231 Å². The molecule has 6 nitrogen and oxygen atoms in total. The molecule has 0 bridgehead atoms. The van der Waals surface area contributed by atoms with Crippen LogP contribution in [0.25, 0.3) is 11.1 Å². The van der Waals surface area contributed by atoms with Gasteiger partial charge in [-0.05, 0) is 54.2 Å². The number of rotatable bonds is 13. The first kappa shape index (κ1) is 30.4. The van der Waals surface area contributed by atoms with Crippen molar-refractivity contribution in [3.63, 3.8) is 0 Å². The van der Waals surface area contributed by atoms with Crippen molar-refractivity contribution in [2.75, 3.05) is 31.8 Å². The highest BCUT2D eigenvalue weighted by Crippen LogP contribution is 2.37. The second-order valence-electron chi connectivity index (χ2n) is 8.75. The van der Waals surface area contributed by atoms with Gasteiger partial charge in [-0.15, -0.1) is 11.8 Å². The lowest BCUT2D eigenvalue weighted by molar-refractivity contribution is 0.146. The number of nitrogens with two attached hydrogens (primary N) is 1. The van der Waals surface area contributed by atoms with E-state index in [0.717, 1.165) is 23.1 Å². The summed E-state index contributed by atoms with van der Waals surface area (Å²) in [6.45, 7) is 13.6. The molecular weight excluding hydrogens is 492 g/mol.